The second-order valence-electron chi connectivity index (χ2n) is 5.19. The maximum Gasteiger partial charge on any atom is 0.0928 e. The Kier molecular flexibility index (Phi) is 6.97. The largest absolute Gasteiger partial charge is 0.302 e. The van der Waals surface area contributed by atoms with E-state index in [1.807, 2.05) is 12.1 Å². The summed E-state index contributed by atoms with van der Waals surface area (Å²) in [6.45, 7) is 2.06. The van der Waals surface area contributed by atoms with Crippen LogP contribution in [0.25, 0.3) is 0 Å². The van der Waals surface area contributed by atoms with Crippen LogP contribution >= 0.6 is 34.5 Å². The molecule has 0 atom stereocenters. The Morgan fingerprint density at radius 3 is 2.62 bits per heavy atom. The van der Waals surface area contributed by atoms with Crippen LogP contribution in [0.4, 0.5) is 0 Å². The molecule has 0 spiro atoms. The number of aromatic nitrogens is 1. The molecule has 1 aromatic carbocycles. The molecule has 0 N–H and O–H groups in total. The number of halogens is 2. The summed E-state index contributed by atoms with van der Waals surface area (Å²) < 4.78 is 0. The molecule has 0 saturated heterocycles. The first-order chi connectivity index (χ1) is 10.2. The zero-order valence-electron chi connectivity index (χ0n) is 12.2. The molecule has 0 radical (unpaired) electrons. The highest BCUT2D eigenvalue weighted by molar-refractivity contribution is 7.09. The molecule has 0 aliphatic heterocycles. The Morgan fingerprint density at radius 1 is 1.19 bits per heavy atom. The van der Waals surface area contributed by atoms with Gasteiger partial charge in [0, 0.05) is 16.9 Å². The molecule has 21 heavy (non-hydrogen) atoms. The van der Waals surface area contributed by atoms with Crippen LogP contribution in [0.15, 0.2) is 29.6 Å². The van der Waals surface area contributed by atoms with Gasteiger partial charge in [-0.25, -0.2) is 4.98 Å². The zero-order valence-corrected chi connectivity index (χ0v) is 14.5. The number of hydrogen-bond donors (Lipinski definition) is 0. The molecule has 1 heterocycles. The van der Waals surface area contributed by atoms with Crippen LogP contribution in [-0.2, 0) is 18.8 Å². The molecule has 2 nitrogen and oxygen atoms in total. The number of unbranched alkanes of at least 4 members (excludes halogenated alkanes) is 1. The number of hydrogen-bond acceptors (Lipinski definition) is 3. The predicted molar refractivity (Wildman–Crippen MR) is 92.4 cm³/mol. The van der Waals surface area contributed by atoms with E-state index in [1.54, 1.807) is 11.3 Å². The third-order valence-corrected chi connectivity index (χ3v) is 4.77. The molecule has 2 aromatic rings. The lowest BCUT2D eigenvalue weighted by atomic mass is 10.2. The van der Waals surface area contributed by atoms with Crippen molar-refractivity contribution < 1.29 is 0 Å². The van der Waals surface area contributed by atoms with E-state index in [1.165, 1.54) is 23.4 Å². The number of thiazole rings is 1. The molecule has 1 aromatic heterocycles. The van der Waals surface area contributed by atoms with Gasteiger partial charge < -0.3 is 4.90 Å². The first-order valence-electron chi connectivity index (χ1n) is 7.09. The van der Waals surface area contributed by atoms with Crippen molar-refractivity contribution in [1.82, 2.24) is 9.88 Å². The van der Waals surface area contributed by atoms with Crippen LogP contribution in [0.2, 0.25) is 5.02 Å². The molecule has 0 fully saturated rings. The number of aryl methyl sites for hydroxylation is 1. The Labute approximate surface area is 140 Å². The number of alkyl halides is 1. The van der Waals surface area contributed by atoms with Crippen LogP contribution in [-0.4, -0.2) is 23.5 Å². The average molecular weight is 343 g/mol. The summed E-state index contributed by atoms with van der Waals surface area (Å²) in [7, 11) is 2.16. The Morgan fingerprint density at radius 2 is 1.95 bits per heavy atom. The van der Waals surface area contributed by atoms with E-state index in [9.17, 15) is 0 Å². The fourth-order valence-corrected chi connectivity index (χ4v) is 3.36. The van der Waals surface area contributed by atoms with Crippen molar-refractivity contribution in [2.75, 3.05) is 13.6 Å². The fourth-order valence-electron chi connectivity index (χ4n) is 2.16. The highest BCUT2D eigenvalue weighted by Crippen LogP contribution is 2.15. The molecule has 0 aliphatic carbocycles. The lowest BCUT2D eigenvalue weighted by Gasteiger charge is -2.16. The normalized spacial score (nSPS) is 11.2. The Hall–Kier alpha value is -0.610. The smallest absolute Gasteiger partial charge is 0.0928 e. The minimum absolute atomic E-state index is 0.514. The average Bonchev–Trinajstić information content (AvgIpc) is 2.94. The summed E-state index contributed by atoms with van der Waals surface area (Å²) in [4.78, 5) is 6.82. The van der Waals surface area contributed by atoms with Crippen LogP contribution in [0.3, 0.4) is 0 Å². The van der Waals surface area contributed by atoms with Crippen molar-refractivity contribution in [3.8, 4) is 0 Å². The minimum Gasteiger partial charge on any atom is -0.302 e. The van der Waals surface area contributed by atoms with Crippen molar-refractivity contribution in [1.29, 1.82) is 0 Å². The minimum atomic E-state index is 0.514. The highest BCUT2D eigenvalue weighted by Gasteiger charge is 2.03. The second-order valence-corrected chi connectivity index (χ2v) is 6.83. The summed E-state index contributed by atoms with van der Waals surface area (Å²) in [6.07, 6.45) is 3.40. The van der Waals surface area contributed by atoms with Crippen molar-refractivity contribution >= 4 is 34.5 Å². The van der Waals surface area contributed by atoms with E-state index in [2.05, 4.69) is 34.4 Å². The van der Waals surface area contributed by atoms with Gasteiger partial charge in [-0.3, -0.25) is 0 Å². The third kappa shape index (κ3) is 5.95. The van der Waals surface area contributed by atoms with Gasteiger partial charge in [0.2, 0.25) is 0 Å². The lowest BCUT2D eigenvalue weighted by molar-refractivity contribution is 0.318. The molecule has 2 rings (SSSR count). The van der Waals surface area contributed by atoms with Gasteiger partial charge in [-0.15, -0.1) is 22.9 Å². The summed E-state index contributed by atoms with van der Waals surface area (Å²) in [5.41, 5.74) is 2.30. The molecular formula is C16H20Cl2N2S. The maximum atomic E-state index is 5.89. The van der Waals surface area contributed by atoms with E-state index in [-0.39, 0.29) is 0 Å². The molecule has 114 valence electrons. The molecule has 0 amide bonds. The lowest BCUT2D eigenvalue weighted by Crippen LogP contribution is -2.19. The van der Waals surface area contributed by atoms with Crippen LogP contribution in [0.5, 0.6) is 0 Å². The van der Waals surface area contributed by atoms with Crippen LogP contribution in [0.1, 0.15) is 29.1 Å². The topological polar surface area (TPSA) is 16.1 Å². The number of nitrogens with zero attached hydrogens (tertiary/aromatic N) is 2. The van der Waals surface area contributed by atoms with Gasteiger partial charge in [0.15, 0.2) is 0 Å². The Bertz CT molecular complexity index is 539. The third-order valence-electron chi connectivity index (χ3n) is 3.28. The highest BCUT2D eigenvalue weighted by atomic mass is 35.5. The van der Waals surface area contributed by atoms with Crippen LogP contribution < -0.4 is 0 Å². The quantitative estimate of drug-likeness (QED) is 0.496. The van der Waals surface area contributed by atoms with Crippen LogP contribution in [0, 0.1) is 0 Å². The molecule has 0 saturated carbocycles. The van der Waals surface area contributed by atoms with Gasteiger partial charge in [-0.2, -0.15) is 0 Å². The zero-order chi connectivity index (χ0) is 15.1. The monoisotopic (exact) mass is 342 g/mol. The summed E-state index contributed by atoms with van der Waals surface area (Å²) >= 11 is 13.4. The van der Waals surface area contributed by atoms with E-state index in [0.717, 1.165) is 30.2 Å². The van der Waals surface area contributed by atoms with Crippen molar-refractivity contribution in [2.24, 2.45) is 0 Å². The molecule has 5 heteroatoms. The SMILES string of the molecule is CN(CCCCc1nc(CCl)cs1)Cc1ccc(Cl)cc1. The van der Waals surface area contributed by atoms with Gasteiger partial charge in [0.25, 0.3) is 0 Å². The van der Waals surface area contributed by atoms with Crippen molar-refractivity contribution in [3.05, 3.63) is 50.9 Å². The fraction of sp³-hybridized carbons (Fsp3) is 0.438. The molecule has 0 unspecified atom stereocenters. The molecular weight excluding hydrogens is 323 g/mol. The van der Waals surface area contributed by atoms with Crippen molar-refractivity contribution in [3.63, 3.8) is 0 Å². The van der Waals surface area contributed by atoms with Gasteiger partial charge in [-0.1, -0.05) is 23.7 Å². The van der Waals surface area contributed by atoms with E-state index >= 15 is 0 Å². The van der Waals surface area contributed by atoms with E-state index in [4.69, 9.17) is 23.2 Å². The first-order valence-corrected chi connectivity index (χ1v) is 8.89. The van der Waals surface area contributed by atoms with E-state index < -0.39 is 0 Å². The predicted octanol–water partition coefficient (Wildman–Crippen LogP) is 4.99. The summed E-state index contributed by atoms with van der Waals surface area (Å²) in [5.74, 6) is 0.514. The van der Waals surface area contributed by atoms with Gasteiger partial charge in [0.05, 0.1) is 16.6 Å². The Balaban J connectivity index is 1.64. The number of benzene rings is 1. The van der Waals surface area contributed by atoms with E-state index in [0.29, 0.717) is 5.88 Å². The van der Waals surface area contributed by atoms with Gasteiger partial charge in [0.1, 0.15) is 0 Å². The molecule has 0 aliphatic rings. The number of rotatable bonds is 8. The second kappa shape index (κ2) is 8.74. The summed E-state index contributed by atoms with van der Waals surface area (Å²) in [6, 6.07) is 8.06. The summed E-state index contributed by atoms with van der Waals surface area (Å²) in [5, 5.41) is 4.04. The van der Waals surface area contributed by atoms with Gasteiger partial charge >= 0.3 is 0 Å². The standard InChI is InChI=1S/C16H20Cl2N2S/c1-20(11-13-5-7-14(18)8-6-13)9-3-2-4-16-19-15(10-17)12-21-16/h5-8,12H,2-4,9-11H2,1H3. The van der Waals surface area contributed by atoms with Crippen molar-refractivity contribution in [2.45, 2.75) is 31.7 Å². The first kappa shape index (κ1) is 16.8. The molecule has 0 bridgehead atoms. The van der Waals surface area contributed by atoms with Gasteiger partial charge in [-0.05, 0) is 50.6 Å². The maximum absolute atomic E-state index is 5.89.